The number of piperazine rings is 1. The first-order valence-corrected chi connectivity index (χ1v) is 8.04. The minimum absolute atomic E-state index is 0.00834. The minimum atomic E-state index is -0.160. The molecule has 0 saturated carbocycles. The average Bonchev–Trinajstić information content (AvgIpc) is 3.00. The van der Waals surface area contributed by atoms with Crippen LogP contribution in [0.1, 0.15) is 13.8 Å². The Labute approximate surface area is 136 Å². The molecule has 2 heterocycles. The van der Waals surface area contributed by atoms with Gasteiger partial charge in [-0.25, -0.2) is 4.79 Å². The molecule has 2 rings (SSSR count). The molecule has 1 aromatic rings. The fourth-order valence-corrected chi connectivity index (χ4v) is 2.62. The van der Waals surface area contributed by atoms with Crippen molar-refractivity contribution in [2.75, 3.05) is 39.3 Å². The van der Waals surface area contributed by atoms with Crippen LogP contribution in [0.3, 0.4) is 0 Å². The third-order valence-corrected chi connectivity index (χ3v) is 3.93. The molecule has 1 aliphatic rings. The lowest BCUT2D eigenvalue weighted by molar-refractivity contribution is -0.130. The average molecular weight is 322 g/mol. The summed E-state index contributed by atoms with van der Waals surface area (Å²) in [7, 11) is 0. The Bertz CT molecular complexity index is 496. The Hall–Kier alpha value is -2.09. The van der Waals surface area contributed by atoms with E-state index in [1.807, 2.05) is 24.1 Å². The predicted molar refractivity (Wildman–Crippen MR) is 86.9 cm³/mol. The molecule has 3 amide bonds. The molecule has 0 spiro atoms. The van der Waals surface area contributed by atoms with Crippen molar-refractivity contribution in [3.63, 3.8) is 0 Å². The van der Waals surface area contributed by atoms with E-state index in [9.17, 15) is 9.59 Å². The standard InChI is InChI=1S/C15H26N6O2/c1-13(12-21-6-3-4-17-21)18-15(23)16-5-7-19-8-10-20(11-9-19)14(2)22/h3-4,6,13H,5,7-12H2,1-2H3,(H2,16,18,23). The van der Waals surface area contributed by atoms with Crippen molar-refractivity contribution < 1.29 is 9.59 Å². The van der Waals surface area contributed by atoms with Crippen molar-refractivity contribution in [2.24, 2.45) is 0 Å². The van der Waals surface area contributed by atoms with Crippen LogP contribution in [0.4, 0.5) is 4.79 Å². The molecule has 128 valence electrons. The van der Waals surface area contributed by atoms with Crippen molar-refractivity contribution in [2.45, 2.75) is 26.4 Å². The van der Waals surface area contributed by atoms with Crippen molar-refractivity contribution >= 4 is 11.9 Å². The Morgan fingerprint density at radius 1 is 1.26 bits per heavy atom. The van der Waals surface area contributed by atoms with Gasteiger partial charge in [-0.1, -0.05) is 0 Å². The first-order valence-electron chi connectivity index (χ1n) is 8.04. The molecule has 1 saturated heterocycles. The van der Waals surface area contributed by atoms with Crippen molar-refractivity contribution in [1.82, 2.24) is 30.2 Å². The van der Waals surface area contributed by atoms with Crippen LogP contribution in [-0.4, -0.2) is 76.8 Å². The molecule has 1 fully saturated rings. The van der Waals surface area contributed by atoms with Crippen LogP contribution >= 0.6 is 0 Å². The highest BCUT2D eigenvalue weighted by Gasteiger charge is 2.18. The zero-order valence-electron chi connectivity index (χ0n) is 13.9. The number of hydrogen-bond acceptors (Lipinski definition) is 4. The zero-order valence-corrected chi connectivity index (χ0v) is 13.9. The van der Waals surface area contributed by atoms with E-state index in [4.69, 9.17) is 0 Å². The van der Waals surface area contributed by atoms with Gasteiger partial charge in [0, 0.05) is 64.6 Å². The second-order valence-electron chi connectivity index (χ2n) is 5.88. The molecular weight excluding hydrogens is 296 g/mol. The van der Waals surface area contributed by atoms with E-state index < -0.39 is 0 Å². The third kappa shape index (κ3) is 5.90. The van der Waals surface area contributed by atoms with E-state index in [2.05, 4.69) is 20.6 Å². The Morgan fingerprint density at radius 3 is 2.61 bits per heavy atom. The SMILES string of the molecule is CC(=O)N1CCN(CCNC(=O)NC(C)Cn2cccn2)CC1. The monoisotopic (exact) mass is 322 g/mol. The number of amides is 3. The van der Waals surface area contributed by atoms with Crippen LogP contribution in [0.15, 0.2) is 18.5 Å². The maximum Gasteiger partial charge on any atom is 0.315 e. The van der Waals surface area contributed by atoms with Gasteiger partial charge in [0.15, 0.2) is 0 Å². The first kappa shape index (κ1) is 17.3. The zero-order chi connectivity index (χ0) is 16.7. The Morgan fingerprint density at radius 2 is 2.00 bits per heavy atom. The lowest BCUT2D eigenvalue weighted by atomic mass is 10.3. The highest BCUT2D eigenvalue weighted by Crippen LogP contribution is 2.00. The van der Waals surface area contributed by atoms with Crippen molar-refractivity contribution in [3.8, 4) is 0 Å². The summed E-state index contributed by atoms with van der Waals surface area (Å²) < 4.78 is 1.79. The summed E-state index contributed by atoms with van der Waals surface area (Å²) in [5, 5.41) is 9.88. The van der Waals surface area contributed by atoms with Gasteiger partial charge in [0.05, 0.1) is 6.54 Å². The van der Waals surface area contributed by atoms with Crippen LogP contribution in [0, 0.1) is 0 Å². The molecule has 0 aliphatic carbocycles. The molecule has 1 aromatic heterocycles. The number of rotatable bonds is 6. The summed E-state index contributed by atoms with van der Waals surface area (Å²) >= 11 is 0. The van der Waals surface area contributed by atoms with E-state index >= 15 is 0 Å². The second kappa shape index (κ2) is 8.52. The first-order chi connectivity index (χ1) is 11.0. The number of carbonyl (C=O) groups is 2. The van der Waals surface area contributed by atoms with E-state index in [0.717, 1.165) is 32.7 Å². The molecule has 23 heavy (non-hydrogen) atoms. The molecule has 1 atom stereocenters. The van der Waals surface area contributed by atoms with E-state index in [-0.39, 0.29) is 18.0 Å². The van der Waals surface area contributed by atoms with Gasteiger partial charge >= 0.3 is 6.03 Å². The van der Waals surface area contributed by atoms with Crippen LogP contribution < -0.4 is 10.6 Å². The Kier molecular flexibility index (Phi) is 6.40. The molecular formula is C15H26N6O2. The molecule has 1 aliphatic heterocycles. The van der Waals surface area contributed by atoms with Crippen LogP contribution in [-0.2, 0) is 11.3 Å². The second-order valence-corrected chi connectivity index (χ2v) is 5.88. The predicted octanol–water partition coefficient (Wildman–Crippen LogP) is -0.265. The maximum absolute atomic E-state index is 11.8. The summed E-state index contributed by atoms with van der Waals surface area (Å²) in [6, 6.07) is 1.71. The lowest BCUT2D eigenvalue weighted by Gasteiger charge is -2.34. The summed E-state index contributed by atoms with van der Waals surface area (Å²) in [5.41, 5.74) is 0. The number of nitrogens with one attached hydrogen (secondary N) is 2. The normalized spacial score (nSPS) is 16.9. The fraction of sp³-hybridized carbons (Fsp3) is 0.667. The number of urea groups is 1. The fourth-order valence-electron chi connectivity index (χ4n) is 2.62. The van der Waals surface area contributed by atoms with E-state index in [0.29, 0.717) is 13.1 Å². The minimum Gasteiger partial charge on any atom is -0.340 e. The molecule has 8 heteroatoms. The van der Waals surface area contributed by atoms with Gasteiger partial charge in [-0.05, 0) is 13.0 Å². The van der Waals surface area contributed by atoms with Crippen LogP contribution in [0.2, 0.25) is 0 Å². The molecule has 0 aromatic carbocycles. The van der Waals surface area contributed by atoms with Crippen molar-refractivity contribution in [3.05, 3.63) is 18.5 Å². The van der Waals surface area contributed by atoms with Crippen LogP contribution in [0.25, 0.3) is 0 Å². The number of nitrogens with zero attached hydrogens (tertiary/aromatic N) is 4. The van der Waals surface area contributed by atoms with Crippen LogP contribution in [0.5, 0.6) is 0 Å². The van der Waals surface area contributed by atoms with E-state index in [1.54, 1.807) is 17.8 Å². The Balaban J connectivity index is 1.57. The molecule has 1 unspecified atom stereocenters. The largest absolute Gasteiger partial charge is 0.340 e. The third-order valence-electron chi connectivity index (χ3n) is 3.93. The number of aromatic nitrogens is 2. The number of carbonyl (C=O) groups excluding carboxylic acids is 2. The van der Waals surface area contributed by atoms with Gasteiger partial charge in [0.2, 0.25) is 5.91 Å². The molecule has 0 bridgehead atoms. The summed E-state index contributed by atoms with van der Waals surface area (Å²) in [6.45, 7) is 8.84. The number of hydrogen-bond donors (Lipinski definition) is 2. The highest BCUT2D eigenvalue weighted by molar-refractivity contribution is 5.74. The van der Waals surface area contributed by atoms with E-state index in [1.165, 1.54) is 0 Å². The smallest absolute Gasteiger partial charge is 0.315 e. The van der Waals surface area contributed by atoms with Gasteiger partial charge in [-0.15, -0.1) is 0 Å². The molecule has 8 nitrogen and oxygen atoms in total. The molecule has 2 N–H and O–H groups in total. The van der Waals surface area contributed by atoms with Gasteiger partial charge < -0.3 is 15.5 Å². The van der Waals surface area contributed by atoms with Gasteiger partial charge in [-0.3, -0.25) is 14.4 Å². The van der Waals surface area contributed by atoms with Gasteiger partial charge in [-0.2, -0.15) is 5.10 Å². The topological polar surface area (TPSA) is 82.5 Å². The van der Waals surface area contributed by atoms with Gasteiger partial charge in [0.25, 0.3) is 0 Å². The lowest BCUT2D eigenvalue weighted by Crippen LogP contribution is -2.50. The van der Waals surface area contributed by atoms with Crippen molar-refractivity contribution in [1.29, 1.82) is 0 Å². The summed E-state index contributed by atoms with van der Waals surface area (Å²) in [5.74, 6) is 0.133. The highest BCUT2D eigenvalue weighted by atomic mass is 16.2. The van der Waals surface area contributed by atoms with Gasteiger partial charge in [0.1, 0.15) is 0 Å². The quantitative estimate of drug-likeness (QED) is 0.756. The summed E-state index contributed by atoms with van der Waals surface area (Å²) in [4.78, 5) is 27.2. The summed E-state index contributed by atoms with van der Waals surface area (Å²) in [6.07, 6.45) is 3.59. The maximum atomic E-state index is 11.8. The molecule has 0 radical (unpaired) electrons.